The van der Waals surface area contributed by atoms with Gasteiger partial charge in [-0.2, -0.15) is 0 Å². The molecule has 0 N–H and O–H groups in total. The van der Waals surface area contributed by atoms with Crippen LogP contribution in [0.4, 0.5) is 0 Å². The van der Waals surface area contributed by atoms with Gasteiger partial charge in [-0.25, -0.2) is 0 Å². The molecular weight excluding hydrogens is 303 g/mol. The average Bonchev–Trinajstić information content (AvgIpc) is 2.78. The first kappa shape index (κ1) is 11.2. The van der Waals surface area contributed by atoms with Crippen LogP contribution < -0.4 is 4.74 Å². The van der Waals surface area contributed by atoms with Crippen LogP contribution in [-0.4, -0.2) is 24.2 Å². The smallest absolute Gasteiger partial charge is 0.119 e. The summed E-state index contributed by atoms with van der Waals surface area (Å²) in [7, 11) is 1.71. The van der Waals surface area contributed by atoms with E-state index >= 15 is 0 Å². The zero-order valence-corrected chi connectivity index (χ0v) is 10.9. The van der Waals surface area contributed by atoms with Crippen LogP contribution in [0, 0.1) is 0 Å². The molecule has 1 heterocycles. The minimum atomic E-state index is 0.432. The lowest BCUT2D eigenvalue weighted by molar-refractivity contribution is 0.129. The summed E-state index contributed by atoms with van der Waals surface area (Å²) in [5.41, 5.74) is 1.33. The third-order valence-corrected chi connectivity index (χ3v) is 3.80. The van der Waals surface area contributed by atoms with Crippen LogP contribution in [-0.2, 0) is 4.74 Å². The summed E-state index contributed by atoms with van der Waals surface area (Å²) < 4.78 is 12.0. The van der Waals surface area contributed by atoms with Gasteiger partial charge in [0.05, 0.1) is 19.8 Å². The molecule has 1 saturated heterocycles. The maximum absolute atomic E-state index is 5.69. The van der Waals surface area contributed by atoms with Crippen molar-refractivity contribution in [2.75, 3.05) is 18.1 Å². The van der Waals surface area contributed by atoms with Gasteiger partial charge in [0.1, 0.15) is 5.75 Å². The topological polar surface area (TPSA) is 18.5 Å². The third-order valence-electron chi connectivity index (χ3n) is 2.82. The van der Waals surface area contributed by atoms with Gasteiger partial charge in [-0.15, -0.1) is 0 Å². The van der Waals surface area contributed by atoms with E-state index < -0.39 is 0 Å². The predicted octanol–water partition coefficient (Wildman–Crippen LogP) is 3.00. The predicted molar refractivity (Wildman–Crippen MR) is 69.0 cm³/mol. The van der Waals surface area contributed by atoms with E-state index in [0.717, 1.165) is 23.2 Å². The minimum absolute atomic E-state index is 0.432. The molecule has 82 valence electrons. The van der Waals surface area contributed by atoms with E-state index in [0.29, 0.717) is 12.0 Å². The van der Waals surface area contributed by atoms with Crippen LogP contribution in [0.25, 0.3) is 0 Å². The van der Waals surface area contributed by atoms with E-state index in [9.17, 15) is 0 Å². The van der Waals surface area contributed by atoms with Crippen LogP contribution >= 0.6 is 22.6 Å². The van der Waals surface area contributed by atoms with Crippen molar-refractivity contribution in [2.24, 2.45) is 0 Å². The molecule has 0 radical (unpaired) electrons. The second kappa shape index (κ2) is 5.16. The fourth-order valence-electron chi connectivity index (χ4n) is 1.94. The zero-order valence-electron chi connectivity index (χ0n) is 8.78. The lowest BCUT2D eigenvalue weighted by Gasteiger charge is -2.09. The zero-order chi connectivity index (χ0) is 10.7. The van der Waals surface area contributed by atoms with Crippen LogP contribution in [0.1, 0.15) is 17.9 Å². The molecule has 2 atom stereocenters. The quantitative estimate of drug-likeness (QED) is 0.630. The van der Waals surface area contributed by atoms with Gasteiger partial charge in [0.25, 0.3) is 0 Å². The Morgan fingerprint density at radius 3 is 3.07 bits per heavy atom. The number of hydrogen-bond donors (Lipinski definition) is 0. The monoisotopic (exact) mass is 318 g/mol. The SMILES string of the molecule is COc1cccc([C@@H]2CO[C@H](CI)C2)c1. The summed E-state index contributed by atoms with van der Waals surface area (Å²) in [5.74, 6) is 1.48. The second-order valence-electron chi connectivity index (χ2n) is 3.82. The molecule has 0 bridgehead atoms. The van der Waals surface area contributed by atoms with Crippen molar-refractivity contribution in [1.29, 1.82) is 0 Å². The molecular formula is C12H15IO2. The normalized spacial score (nSPS) is 25.5. The molecule has 1 aromatic carbocycles. The second-order valence-corrected chi connectivity index (χ2v) is 4.70. The number of rotatable bonds is 3. The van der Waals surface area contributed by atoms with Crippen LogP contribution in [0.2, 0.25) is 0 Å². The maximum atomic E-state index is 5.69. The molecule has 0 amide bonds. The average molecular weight is 318 g/mol. The summed E-state index contributed by atoms with van der Waals surface area (Å²) in [5, 5.41) is 0. The number of methoxy groups -OCH3 is 1. The van der Waals surface area contributed by atoms with Crippen molar-refractivity contribution in [3.05, 3.63) is 29.8 Å². The van der Waals surface area contributed by atoms with Gasteiger partial charge in [0.15, 0.2) is 0 Å². The van der Waals surface area contributed by atoms with E-state index in [2.05, 4.69) is 34.7 Å². The summed E-state index contributed by atoms with van der Waals surface area (Å²) in [6, 6.07) is 8.30. The molecule has 1 aromatic rings. The number of ether oxygens (including phenoxy) is 2. The Labute approximate surface area is 104 Å². The van der Waals surface area contributed by atoms with Crippen LogP contribution in [0.15, 0.2) is 24.3 Å². The fraction of sp³-hybridized carbons (Fsp3) is 0.500. The Kier molecular flexibility index (Phi) is 3.86. The molecule has 0 aromatic heterocycles. The van der Waals surface area contributed by atoms with Crippen molar-refractivity contribution in [3.63, 3.8) is 0 Å². The maximum Gasteiger partial charge on any atom is 0.119 e. The first-order valence-electron chi connectivity index (χ1n) is 5.15. The minimum Gasteiger partial charge on any atom is -0.497 e. The molecule has 2 nitrogen and oxygen atoms in total. The Morgan fingerprint density at radius 2 is 2.40 bits per heavy atom. The summed E-state index contributed by atoms with van der Waals surface area (Å²) in [6.45, 7) is 0.848. The van der Waals surface area contributed by atoms with Gasteiger partial charge >= 0.3 is 0 Å². The van der Waals surface area contributed by atoms with Gasteiger partial charge < -0.3 is 9.47 Å². The van der Waals surface area contributed by atoms with E-state index in [1.807, 2.05) is 12.1 Å². The lowest BCUT2D eigenvalue weighted by atomic mass is 9.96. The number of benzene rings is 1. The summed E-state index contributed by atoms with van der Waals surface area (Å²) in [4.78, 5) is 0. The molecule has 2 rings (SSSR count). The molecule has 3 heteroatoms. The van der Waals surface area contributed by atoms with Gasteiger partial charge in [0, 0.05) is 10.3 Å². The first-order chi connectivity index (χ1) is 7.33. The highest BCUT2D eigenvalue weighted by atomic mass is 127. The van der Waals surface area contributed by atoms with E-state index in [4.69, 9.17) is 9.47 Å². The summed E-state index contributed by atoms with van der Waals surface area (Å²) in [6.07, 6.45) is 1.57. The van der Waals surface area contributed by atoms with Crippen molar-refractivity contribution in [3.8, 4) is 5.75 Å². The van der Waals surface area contributed by atoms with Crippen molar-refractivity contribution in [1.82, 2.24) is 0 Å². The van der Waals surface area contributed by atoms with Gasteiger partial charge in [-0.05, 0) is 24.1 Å². The molecule has 1 aliphatic heterocycles. The number of halogens is 1. The molecule has 0 unspecified atom stereocenters. The molecule has 1 aliphatic rings. The first-order valence-corrected chi connectivity index (χ1v) is 6.67. The van der Waals surface area contributed by atoms with E-state index in [1.54, 1.807) is 7.11 Å². The van der Waals surface area contributed by atoms with Crippen LogP contribution in [0.5, 0.6) is 5.75 Å². The van der Waals surface area contributed by atoms with Crippen molar-refractivity contribution in [2.45, 2.75) is 18.4 Å². The lowest BCUT2D eigenvalue weighted by Crippen LogP contribution is -2.05. The van der Waals surface area contributed by atoms with Gasteiger partial charge in [-0.1, -0.05) is 34.7 Å². The van der Waals surface area contributed by atoms with Crippen molar-refractivity contribution < 1.29 is 9.47 Å². The standard InChI is InChI=1S/C12H15IO2/c1-14-11-4-2-3-9(5-11)10-6-12(7-13)15-8-10/h2-5,10,12H,6-8H2,1H3/t10-,12-/m0/s1. The molecule has 1 fully saturated rings. The van der Waals surface area contributed by atoms with Gasteiger partial charge in [0.2, 0.25) is 0 Å². The Hall–Kier alpha value is -0.290. The van der Waals surface area contributed by atoms with E-state index in [-0.39, 0.29) is 0 Å². The Balaban J connectivity index is 2.09. The molecule has 0 saturated carbocycles. The van der Waals surface area contributed by atoms with E-state index in [1.165, 1.54) is 5.56 Å². The number of hydrogen-bond acceptors (Lipinski definition) is 2. The highest BCUT2D eigenvalue weighted by molar-refractivity contribution is 14.1. The molecule has 0 spiro atoms. The number of alkyl halides is 1. The molecule has 0 aliphatic carbocycles. The largest absolute Gasteiger partial charge is 0.497 e. The Morgan fingerprint density at radius 1 is 1.53 bits per heavy atom. The van der Waals surface area contributed by atoms with Crippen LogP contribution in [0.3, 0.4) is 0 Å². The van der Waals surface area contributed by atoms with Gasteiger partial charge in [-0.3, -0.25) is 0 Å². The highest BCUT2D eigenvalue weighted by Crippen LogP contribution is 2.31. The highest BCUT2D eigenvalue weighted by Gasteiger charge is 2.25. The molecule has 15 heavy (non-hydrogen) atoms. The Bertz CT molecular complexity index is 327. The summed E-state index contributed by atoms with van der Waals surface area (Å²) >= 11 is 2.38. The fourth-order valence-corrected chi connectivity index (χ4v) is 2.55. The van der Waals surface area contributed by atoms with Crippen molar-refractivity contribution >= 4 is 22.6 Å². The third kappa shape index (κ3) is 2.64.